The zero-order chi connectivity index (χ0) is 10.8. The molecule has 0 saturated carbocycles. The van der Waals surface area contributed by atoms with E-state index in [2.05, 4.69) is 17.1 Å². The highest BCUT2D eigenvalue weighted by Crippen LogP contribution is 2.24. The molecule has 0 radical (unpaired) electrons. The number of aromatic amines is 1. The minimum Gasteiger partial charge on any atom is -0.382 e. The van der Waals surface area contributed by atoms with Crippen molar-refractivity contribution in [2.24, 2.45) is 0 Å². The number of nitrogen functional groups attached to an aromatic ring is 1. The molecule has 2 aromatic rings. The number of anilines is 1. The molecule has 1 unspecified atom stereocenters. The van der Waals surface area contributed by atoms with E-state index < -0.39 is 0 Å². The first kappa shape index (κ1) is 10.1. The van der Waals surface area contributed by atoms with Gasteiger partial charge in [0.2, 0.25) is 0 Å². The Balaban J connectivity index is 2.28. The minimum absolute atomic E-state index is 0.243. The fourth-order valence-corrected chi connectivity index (χ4v) is 1.63. The first-order chi connectivity index (χ1) is 7.16. The summed E-state index contributed by atoms with van der Waals surface area (Å²) in [6.07, 6.45) is 0. The smallest absolute Gasteiger partial charge is 0.145 e. The van der Waals surface area contributed by atoms with Gasteiger partial charge in [-0.15, -0.1) is 0 Å². The number of H-pyrrole nitrogens is 1. The van der Waals surface area contributed by atoms with Gasteiger partial charge in [-0.25, -0.2) is 0 Å². The maximum Gasteiger partial charge on any atom is 0.145 e. The van der Waals surface area contributed by atoms with Gasteiger partial charge >= 0.3 is 0 Å². The molecule has 2 rings (SSSR count). The zero-order valence-electron chi connectivity index (χ0n) is 8.37. The molecule has 1 heterocycles. The molecule has 0 fully saturated rings. The number of halogens is 1. The third-order valence-electron chi connectivity index (χ3n) is 2.45. The molecule has 4 heteroatoms. The Morgan fingerprint density at radius 1 is 1.33 bits per heavy atom. The fraction of sp³-hybridized carbons (Fsp3) is 0.182. The highest BCUT2D eigenvalue weighted by atomic mass is 35.5. The van der Waals surface area contributed by atoms with Crippen LogP contribution in [0.2, 0.25) is 5.02 Å². The van der Waals surface area contributed by atoms with Crippen LogP contribution in [0.1, 0.15) is 24.1 Å². The van der Waals surface area contributed by atoms with Crippen LogP contribution >= 0.6 is 11.6 Å². The Morgan fingerprint density at radius 3 is 2.53 bits per heavy atom. The monoisotopic (exact) mass is 221 g/mol. The number of aromatic nitrogens is 2. The van der Waals surface area contributed by atoms with Gasteiger partial charge in [-0.2, -0.15) is 5.10 Å². The fourth-order valence-electron chi connectivity index (χ4n) is 1.51. The van der Waals surface area contributed by atoms with E-state index in [1.54, 1.807) is 0 Å². The highest BCUT2D eigenvalue weighted by molar-refractivity contribution is 6.30. The molecule has 1 aromatic heterocycles. The molecule has 0 aliphatic carbocycles. The van der Waals surface area contributed by atoms with E-state index in [1.165, 1.54) is 5.56 Å². The van der Waals surface area contributed by atoms with Crippen LogP contribution in [0.5, 0.6) is 0 Å². The number of nitrogens with two attached hydrogens (primary N) is 1. The van der Waals surface area contributed by atoms with Crippen LogP contribution in [-0.4, -0.2) is 10.2 Å². The predicted octanol–water partition coefficient (Wildman–Crippen LogP) is 2.80. The summed E-state index contributed by atoms with van der Waals surface area (Å²) in [5, 5.41) is 7.56. The highest BCUT2D eigenvalue weighted by Gasteiger charge is 2.10. The van der Waals surface area contributed by atoms with Crippen LogP contribution < -0.4 is 5.73 Å². The van der Waals surface area contributed by atoms with E-state index in [0.29, 0.717) is 5.82 Å². The zero-order valence-corrected chi connectivity index (χ0v) is 9.12. The first-order valence-corrected chi connectivity index (χ1v) is 5.11. The lowest BCUT2D eigenvalue weighted by Crippen LogP contribution is -1.95. The first-order valence-electron chi connectivity index (χ1n) is 4.73. The van der Waals surface area contributed by atoms with Crippen LogP contribution in [0.15, 0.2) is 30.3 Å². The molecule has 0 spiro atoms. The van der Waals surface area contributed by atoms with Gasteiger partial charge in [0, 0.05) is 22.7 Å². The van der Waals surface area contributed by atoms with Crippen LogP contribution in [0.4, 0.5) is 5.82 Å². The van der Waals surface area contributed by atoms with Crippen LogP contribution in [0.3, 0.4) is 0 Å². The maximum atomic E-state index is 5.83. The average molecular weight is 222 g/mol. The summed E-state index contributed by atoms with van der Waals surface area (Å²) in [6, 6.07) is 9.62. The van der Waals surface area contributed by atoms with Gasteiger partial charge in [0.25, 0.3) is 0 Å². The van der Waals surface area contributed by atoms with Crippen LogP contribution in [0.25, 0.3) is 0 Å². The Morgan fingerprint density at radius 2 is 2.00 bits per heavy atom. The summed E-state index contributed by atoms with van der Waals surface area (Å²) in [4.78, 5) is 0. The van der Waals surface area contributed by atoms with Gasteiger partial charge in [-0.1, -0.05) is 30.7 Å². The molecule has 1 aromatic carbocycles. The molecule has 1 atom stereocenters. The van der Waals surface area contributed by atoms with E-state index in [4.69, 9.17) is 17.3 Å². The summed E-state index contributed by atoms with van der Waals surface area (Å²) < 4.78 is 0. The Labute approximate surface area is 93.3 Å². The standard InChI is InChI=1S/C11H12ClN3/c1-7(10-6-11(13)15-14-10)8-2-4-9(12)5-3-8/h2-7H,1H3,(H3,13,14,15). The van der Waals surface area contributed by atoms with Crippen molar-refractivity contribution < 1.29 is 0 Å². The maximum absolute atomic E-state index is 5.83. The Bertz CT molecular complexity index is 447. The predicted molar refractivity (Wildman–Crippen MR) is 62.0 cm³/mol. The van der Waals surface area contributed by atoms with Crippen molar-refractivity contribution in [3.8, 4) is 0 Å². The van der Waals surface area contributed by atoms with Crippen LogP contribution in [-0.2, 0) is 0 Å². The van der Waals surface area contributed by atoms with E-state index in [0.717, 1.165) is 10.7 Å². The number of hydrogen-bond acceptors (Lipinski definition) is 2. The van der Waals surface area contributed by atoms with Crippen molar-refractivity contribution in [1.82, 2.24) is 10.2 Å². The molecule has 0 saturated heterocycles. The van der Waals surface area contributed by atoms with Crippen LogP contribution in [0, 0.1) is 0 Å². The van der Waals surface area contributed by atoms with Crippen molar-refractivity contribution in [2.45, 2.75) is 12.8 Å². The van der Waals surface area contributed by atoms with Gasteiger partial charge in [0.15, 0.2) is 0 Å². The third kappa shape index (κ3) is 2.13. The quantitative estimate of drug-likeness (QED) is 0.820. The van der Waals surface area contributed by atoms with Crippen molar-refractivity contribution in [2.75, 3.05) is 5.73 Å². The lowest BCUT2D eigenvalue weighted by molar-refractivity contribution is 0.854. The summed E-state index contributed by atoms with van der Waals surface area (Å²) in [5.41, 5.74) is 7.75. The molecule has 3 N–H and O–H groups in total. The largest absolute Gasteiger partial charge is 0.382 e. The summed E-state index contributed by atoms with van der Waals surface area (Å²) in [7, 11) is 0. The number of nitrogens with one attached hydrogen (secondary N) is 1. The molecule has 3 nitrogen and oxygen atoms in total. The summed E-state index contributed by atoms with van der Waals surface area (Å²) in [5.74, 6) is 0.762. The average Bonchev–Trinajstić information content (AvgIpc) is 2.65. The van der Waals surface area contributed by atoms with Crippen molar-refractivity contribution >= 4 is 17.4 Å². The molecule has 0 aliphatic heterocycles. The number of rotatable bonds is 2. The lowest BCUT2D eigenvalue weighted by atomic mass is 9.98. The molecule has 15 heavy (non-hydrogen) atoms. The molecule has 0 amide bonds. The van der Waals surface area contributed by atoms with E-state index in [9.17, 15) is 0 Å². The minimum atomic E-state index is 0.243. The van der Waals surface area contributed by atoms with Gasteiger partial charge in [-0.3, -0.25) is 5.10 Å². The second-order valence-corrected chi connectivity index (χ2v) is 3.96. The SMILES string of the molecule is CC(c1ccc(Cl)cc1)c1cc(N)n[nH]1. The normalized spacial score (nSPS) is 12.7. The van der Waals surface area contributed by atoms with Gasteiger partial charge in [0.1, 0.15) is 5.82 Å². The van der Waals surface area contributed by atoms with Crippen molar-refractivity contribution in [1.29, 1.82) is 0 Å². The van der Waals surface area contributed by atoms with E-state index in [1.807, 2.05) is 30.3 Å². The molecular formula is C11H12ClN3. The summed E-state index contributed by atoms with van der Waals surface area (Å²) in [6.45, 7) is 2.09. The van der Waals surface area contributed by atoms with E-state index in [-0.39, 0.29) is 5.92 Å². The molecule has 0 aliphatic rings. The summed E-state index contributed by atoms with van der Waals surface area (Å²) >= 11 is 5.83. The van der Waals surface area contributed by atoms with Gasteiger partial charge in [-0.05, 0) is 17.7 Å². The number of nitrogens with zero attached hydrogens (tertiary/aromatic N) is 1. The Hall–Kier alpha value is -1.48. The van der Waals surface area contributed by atoms with Gasteiger partial charge in [0.05, 0.1) is 0 Å². The van der Waals surface area contributed by atoms with Crippen molar-refractivity contribution in [3.05, 3.63) is 46.6 Å². The van der Waals surface area contributed by atoms with Gasteiger partial charge < -0.3 is 5.73 Å². The second-order valence-electron chi connectivity index (χ2n) is 3.52. The number of benzene rings is 1. The molecule has 78 valence electrons. The molecular weight excluding hydrogens is 210 g/mol. The number of hydrogen-bond donors (Lipinski definition) is 2. The topological polar surface area (TPSA) is 54.7 Å². The molecule has 0 bridgehead atoms. The van der Waals surface area contributed by atoms with Crippen molar-refractivity contribution in [3.63, 3.8) is 0 Å². The Kier molecular flexibility index (Phi) is 2.64. The van der Waals surface area contributed by atoms with E-state index >= 15 is 0 Å². The lowest BCUT2D eigenvalue weighted by Gasteiger charge is -2.09. The third-order valence-corrected chi connectivity index (χ3v) is 2.71. The second kappa shape index (κ2) is 3.95.